The van der Waals surface area contributed by atoms with Crippen LogP contribution in [0.2, 0.25) is 0 Å². The SMILES string of the molecule is C/C=C/C=C/C(=O)COC(C)=O.[C-]#[O+].[C-]#[O+].[C-]#[O+].[Fe]. The van der Waals surface area contributed by atoms with Gasteiger partial charge in [-0.15, -0.1) is 0 Å². The van der Waals surface area contributed by atoms with E-state index in [-0.39, 0.29) is 29.5 Å². The van der Waals surface area contributed by atoms with Crippen LogP contribution in [0.4, 0.5) is 0 Å². The minimum absolute atomic E-state index is 0. The number of esters is 1. The molecule has 0 heterocycles. The van der Waals surface area contributed by atoms with Gasteiger partial charge in [0.2, 0.25) is 0 Å². The van der Waals surface area contributed by atoms with E-state index in [1.54, 1.807) is 18.2 Å². The summed E-state index contributed by atoms with van der Waals surface area (Å²) in [7, 11) is 0. The summed E-state index contributed by atoms with van der Waals surface area (Å²) in [4.78, 5) is 21.1. The first kappa shape index (κ1) is 30.4. The van der Waals surface area contributed by atoms with Crippen LogP contribution < -0.4 is 0 Å². The molecule has 0 aromatic heterocycles. The van der Waals surface area contributed by atoms with Crippen LogP contribution in [0.1, 0.15) is 13.8 Å². The molecule has 0 amide bonds. The molecule has 0 aliphatic heterocycles. The van der Waals surface area contributed by atoms with E-state index in [0.29, 0.717) is 0 Å². The van der Waals surface area contributed by atoms with Crippen molar-refractivity contribution in [2.45, 2.75) is 13.8 Å². The minimum atomic E-state index is -0.442. The summed E-state index contributed by atoms with van der Waals surface area (Å²) in [5.74, 6) is -0.661. The molecule has 0 radical (unpaired) electrons. The second kappa shape index (κ2) is 36.0. The summed E-state index contributed by atoms with van der Waals surface area (Å²) < 4.78 is 27.0. The Hall–Kier alpha value is -1.64. The maximum atomic E-state index is 10.8. The van der Waals surface area contributed by atoms with Gasteiger partial charge < -0.3 is 4.74 Å². The maximum Gasteiger partial charge on any atom is 0 e. The molecule has 0 atom stereocenters. The van der Waals surface area contributed by atoms with Crippen molar-refractivity contribution in [1.82, 2.24) is 0 Å². The molecule has 0 aromatic rings. The van der Waals surface area contributed by atoms with Gasteiger partial charge in [-0.2, -0.15) is 0 Å². The number of carbonyl (C=O) groups is 2. The largest absolute Gasteiger partial charge is 0 e. The van der Waals surface area contributed by atoms with Crippen LogP contribution in [-0.2, 0) is 45.4 Å². The predicted octanol–water partition coefficient (Wildman–Crippen LogP) is 1.14. The van der Waals surface area contributed by atoms with Gasteiger partial charge in [-0.1, -0.05) is 18.2 Å². The molecule has 19 heavy (non-hydrogen) atoms. The molecule has 0 bridgehead atoms. The van der Waals surface area contributed by atoms with Crippen LogP contribution >= 0.6 is 0 Å². The zero-order chi connectivity index (χ0) is 15.4. The Kier molecular flexibility index (Phi) is 57.6. The third-order valence-corrected chi connectivity index (χ3v) is 1.00. The summed E-state index contributed by atoms with van der Waals surface area (Å²) in [6.45, 7) is 16.4. The van der Waals surface area contributed by atoms with Gasteiger partial charge in [0.25, 0.3) is 0 Å². The first-order valence-electron chi connectivity index (χ1n) is 4.23. The molecule has 0 aliphatic rings. The molecule has 104 valence electrons. The fourth-order valence-corrected chi connectivity index (χ4v) is 0.495. The molecular formula is C12H12FeO6. The molecular weight excluding hydrogens is 296 g/mol. The molecule has 0 rings (SSSR count). The van der Waals surface area contributed by atoms with Crippen molar-refractivity contribution in [2.24, 2.45) is 0 Å². The predicted molar refractivity (Wildman–Crippen MR) is 57.4 cm³/mol. The van der Waals surface area contributed by atoms with Gasteiger partial charge in [0.15, 0.2) is 12.4 Å². The number of allylic oxidation sites excluding steroid dienone is 3. The molecule has 0 saturated carbocycles. The van der Waals surface area contributed by atoms with E-state index >= 15 is 0 Å². The van der Waals surface area contributed by atoms with Gasteiger partial charge in [0, 0.05) is 24.0 Å². The average Bonchev–Trinajstić information content (AvgIpc) is 2.43. The topological polar surface area (TPSA) is 103 Å². The fourth-order valence-electron chi connectivity index (χ4n) is 0.495. The van der Waals surface area contributed by atoms with Gasteiger partial charge in [-0.05, 0) is 13.0 Å². The van der Waals surface area contributed by atoms with Crippen LogP contribution in [0.15, 0.2) is 24.3 Å². The first-order valence-corrected chi connectivity index (χ1v) is 4.23. The zero-order valence-corrected chi connectivity index (χ0v) is 11.4. The molecule has 0 fully saturated rings. The Morgan fingerprint density at radius 1 is 1.05 bits per heavy atom. The normalized spacial score (nSPS) is 7.16. The fraction of sp³-hybridized carbons (Fsp3) is 0.250. The van der Waals surface area contributed by atoms with E-state index in [1.807, 2.05) is 6.92 Å². The molecule has 0 aromatic carbocycles. The van der Waals surface area contributed by atoms with Crippen molar-refractivity contribution < 1.29 is 45.4 Å². The van der Waals surface area contributed by atoms with Gasteiger partial charge in [0.1, 0.15) is 0 Å². The van der Waals surface area contributed by atoms with Gasteiger partial charge >= 0.3 is 39.9 Å². The van der Waals surface area contributed by atoms with Crippen molar-refractivity contribution >= 4 is 11.8 Å². The minimum Gasteiger partial charge on any atom is 0 e. The zero-order valence-electron chi connectivity index (χ0n) is 10.3. The smallest absolute Gasteiger partial charge is 0 e. The maximum absolute atomic E-state index is 10.8. The third kappa shape index (κ3) is 48.3. The van der Waals surface area contributed by atoms with Gasteiger partial charge in [-0.3, -0.25) is 9.59 Å². The summed E-state index contributed by atoms with van der Waals surface area (Å²) in [6.07, 6.45) is 6.50. The molecule has 0 unspecified atom stereocenters. The third-order valence-electron chi connectivity index (χ3n) is 1.00. The second-order valence-corrected chi connectivity index (χ2v) is 2.13. The van der Waals surface area contributed by atoms with Gasteiger partial charge in [0.05, 0.1) is 0 Å². The van der Waals surface area contributed by atoms with Crippen molar-refractivity contribution in [2.75, 3.05) is 6.61 Å². The number of hydrogen-bond acceptors (Lipinski definition) is 3. The Bertz CT molecular complexity index is 311. The number of hydrogen-bond donors (Lipinski definition) is 0. The molecule has 0 spiro atoms. The van der Waals surface area contributed by atoms with E-state index in [4.69, 9.17) is 14.0 Å². The average molecular weight is 308 g/mol. The van der Waals surface area contributed by atoms with Crippen LogP contribution in [0.3, 0.4) is 0 Å². The quantitative estimate of drug-likeness (QED) is 0.194. The van der Waals surface area contributed by atoms with E-state index < -0.39 is 5.97 Å². The number of ketones is 1. The Labute approximate surface area is 122 Å². The Morgan fingerprint density at radius 3 is 1.79 bits per heavy atom. The molecule has 7 heteroatoms. The summed E-state index contributed by atoms with van der Waals surface area (Å²) in [6, 6.07) is 0. The van der Waals surface area contributed by atoms with Crippen molar-refractivity contribution in [3.05, 3.63) is 44.3 Å². The van der Waals surface area contributed by atoms with Crippen LogP contribution in [-0.4, -0.2) is 18.4 Å². The van der Waals surface area contributed by atoms with Crippen molar-refractivity contribution in [1.29, 1.82) is 0 Å². The number of rotatable bonds is 4. The van der Waals surface area contributed by atoms with Crippen LogP contribution in [0.5, 0.6) is 0 Å². The first-order chi connectivity index (χ1) is 8.66. The molecule has 0 saturated heterocycles. The van der Waals surface area contributed by atoms with E-state index in [1.165, 1.54) is 13.0 Å². The van der Waals surface area contributed by atoms with Crippen molar-refractivity contribution in [3.8, 4) is 0 Å². The Balaban J connectivity index is -0.0000000816. The van der Waals surface area contributed by atoms with Crippen LogP contribution in [0.25, 0.3) is 0 Å². The van der Waals surface area contributed by atoms with E-state index in [0.717, 1.165) is 0 Å². The van der Waals surface area contributed by atoms with E-state index in [9.17, 15) is 9.59 Å². The van der Waals surface area contributed by atoms with Gasteiger partial charge in [-0.25, -0.2) is 0 Å². The molecule has 0 aliphatic carbocycles. The second-order valence-electron chi connectivity index (χ2n) is 2.13. The van der Waals surface area contributed by atoms with E-state index in [2.05, 4.69) is 24.7 Å². The Morgan fingerprint density at radius 2 is 1.47 bits per heavy atom. The van der Waals surface area contributed by atoms with Crippen LogP contribution in [0, 0.1) is 20.0 Å². The summed E-state index contributed by atoms with van der Waals surface area (Å²) >= 11 is 0. The number of ether oxygens (including phenoxy) is 1. The monoisotopic (exact) mass is 308 g/mol. The molecule has 6 nitrogen and oxygen atoms in total. The summed E-state index contributed by atoms with van der Waals surface area (Å²) in [5.41, 5.74) is 0. The van der Waals surface area contributed by atoms with Crippen molar-refractivity contribution in [3.63, 3.8) is 0 Å². The standard InChI is InChI=1S/C9H12O3.3CO.Fe/c1-3-4-5-6-9(11)7-12-8(2)10;3*1-2;/h3-6H,7H2,1-2H3;;;;/b4-3+,6-5+;;;;. The molecule has 0 N–H and O–H groups in total. The summed E-state index contributed by atoms with van der Waals surface area (Å²) in [5, 5.41) is 0. The number of carbonyl (C=O) groups excluding carboxylic acids is 2.